The second-order valence-electron chi connectivity index (χ2n) is 10.1. The first kappa shape index (κ1) is 18.0. The van der Waals surface area contributed by atoms with Crippen LogP contribution in [-0.4, -0.2) is 17.9 Å². The number of hydrogen-bond donors (Lipinski definition) is 0. The van der Waals surface area contributed by atoms with Crippen molar-refractivity contribution in [3.63, 3.8) is 0 Å². The Hall–Kier alpha value is -1.38. The van der Waals surface area contributed by atoms with E-state index in [0.717, 1.165) is 32.1 Å². The molecule has 4 aliphatic carbocycles. The van der Waals surface area contributed by atoms with Crippen LogP contribution in [0.2, 0.25) is 0 Å². The summed E-state index contributed by atoms with van der Waals surface area (Å²) in [5.41, 5.74) is 1.04. The zero-order valence-electron chi connectivity index (χ0n) is 16.8. The van der Waals surface area contributed by atoms with E-state index >= 15 is 0 Å². The minimum atomic E-state index is -0.384. The number of fused-ring (bicyclic) bond motifs is 5. The number of esters is 1. The summed E-state index contributed by atoms with van der Waals surface area (Å²) in [6, 6.07) is 0. The van der Waals surface area contributed by atoms with Crippen molar-refractivity contribution < 1.29 is 14.3 Å². The van der Waals surface area contributed by atoms with Crippen molar-refractivity contribution in [1.82, 2.24) is 0 Å². The second-order valence-corrected chi connectivity index (χ2v) is 10.1. The van der Waals surface area contributed by atoms with Gasteiger partial charge in [0.1, 0.15) is 6.10 Å². The van der Waals surface area contributed by atoms with E-state index < -0.39 is 0 Å². The molecule has 0 saturated heterocycles. The zero-order chi connectivity index (χ0) is 18.9. The minimum Gasteiger partial charge on any atom is -0.462 e. The van der Waals surface area contributed by atoms with Crippen LogP contribution < -0.4 is 0 Å². The Morgan fingerprint density at radius 1 is 1.12 bits per heavy atom. The molecule has 26 heavy (non-hydrogen) atoms. The Kier molecular flexibility index (Phi) is 3.85. The van der Waals surface area contributed by atoms with Gasteiger partial charge in [-0.1, -0.05) is 31.6 Å². The molecule has 0 N–H and O–H groups in total. The molecule has 0 amide bonds. The number of carbonyl (C=O) groups excluding carboxylic acids is 2. The normalized spacial score (nSPS) is 46.0. The number of allylic oxidation sites excluding steroid dienone is 4. The molecule has 0 aromatic carbocycles. The third-order valence-electron chi connectivity index (χ3n) is 8.47. The van der Waals surface area contributed by atoms with Gasteiger partial charge in [-0.2, -0.15) is 0 Å². The Balaban J connectivity index is 1.69. The number of rotatable bonds is 1. The maximum Gasteiger partial charge on any atom is 0.302 e. The van der Waals surface area contributed by atoms with E-state index in [1.807, 2.05) is 6.08 Å². The Morgan fingerprint density at radius 2 is 1.85 bits per heavy atom. The van der Waals surface area contributed by atoms with Crippen LogP contribution in [0.5, 0.6) is 0 Å². The lowest BCUT2D eigenvalue weighted by Gasteiger charge is -2.58. The summed E-state index contributed by atoms with van der Waals surface area (Å²) in [5.74, 6) is 1.90. The van der Waals surface area contributed by atoms with Crippen LogP contribution >= 0.6 is 0 Å². The highest BCUT2D eigenvalue weighted by atomic mass is 16.5. The van der Waals surface area contributed by atoms with Gasteiger partial charge < -0.3 is 4.74 Å². The van der Waals surface area contributed by atoms with E-state index in [0.29, 0.717) is 17.8 Å². The van der Waals surface area contributed by atoms with Crippen molar-refractivity contribution in [2.45, 2.75) is 72.8 Å². The number of ether oxygens (including phenoxy) is 1. The molecule has 0 unspecified atom stereocenters. The van der Waals surface area contributed by atoms with Crippen molar-refractivity contribution in [2.75, 3.05) is 0 Å². The summed E-state index contributed by atoms with van der Waals surface area (Å²) in [6.45, 7) is 10.4. The van der Waals surface area contributed by atoms with Gasteiger partial charge in [-0.25, -0.2) is 0 Å². The van der Waals surface area contributed by atoms with Crippen LogP contribution in [0.1, 0.15) is 66.7 Å². The lowest BCUT2D eigenvalue weighted by molar-refractivity contribution is -0.156. The SMILES string of the molecule is CC(=O)O[C@H]1CC[C@@H]2[C@@H]3CC=C4C(C)(C)C(=O)C=C[C@]4(C)[C@H]3CC[C@]12C. The second kappa shape index (κ2) is 5.56. The molecule has 4 aliphatic rings. The quantitative estimate of drug-likeness (QED) is 0.498. The Bertz CT molecular complexity index is 715. The van der Waals surface area contributed by atoms with E-state index in [-0.39, 0.29) is 34.1 Å². The van der Waals surface area contributed by atoms with Gasteiger partial charge in [0.15, 0.2) is 5.78 Å². The number of carbonyl (C=O) groups is 2. The molecule has 0 heterocycles. The maximum atomic E-state index is 12.5. The molecule has 142 valence electrons. The summed E-state index contributed by atoms with van der Waals surface area (Å²) in [5, 5.41) is 0. The third kappa shape index (κ3) is 2.25. The van der Waals surface area contributed by atoms with Crippen LogP contribution in [0.15, 0.2) is 23.8 Å². The van der Waals surface area contributed by atoms with Gasteiger partial charge in [-0.3, -0.25) is 9.59 Å². The van der Waals surface area contributed by atoms with Crippen LogP contribution in [0, 0.1) is 34.0 Å². The highest BCUT2D eigenvalue weighted by Crippen LogP contribution is 2.65. The van der Waals surface area contributed by atoms with E-state index in [1.54, 1.807) is 0 Å². The topological polar surface area (TPSA) is 43.4 Å². The average Bonchev–Trinajstić information content (AvgIpc) is 2.88. The first-order chi connectivity index (χ1) is 12.1. The minimum absolute atomic E-state index is 0.0127. The summed E-state index contributed by atoms with van der Waals surface area (Å²) < 4.78 is 5.73. The van der Waals surface area contributed by atoms with Gasteiger partial charge in [0, 0.05) is 23.2 Å². The zero-order valence-corrected chi connectivity index (χ0v) is 16.8. The fourth-order valence-corrected chi connectivity index (χ4v) is 7.11. The third-order valence-corrected chi connectivity index (χ3v) is 8.47. The lowest BCUT2D eigenvalue weighted by atomic mass is 9.46. The van der Waals surface area contributed by atoms with Gasteiger partial charge >= 0.3 is 5.97 Å². The molecular weight excluding hydrogens is 324 g/mol. The molecule has 0 aliphatic heterocycles. The first-order valence-electron chi connectivity index (χ1n) is 10.2. The summed E-state index contributed by atoms with van der Waals surface area (Å²) in [4.78, 5) is 24.0. The van der Waals surface area contributed by atoms with E-state index in [4.69, 9.17) is 4.74 Å². The Morgan fingerprint density at radius 3 is 2.54 bits per heavy atom. The van der Waals surface area contributed by atoms with Gasteiger partial charge in [-0.15, -0.1) is 0 Å². The van der Waals surface area contributed by atoms with Crippen LogP contribution in [0.25, 0.3) is 0 Å². The molecule has 2 fully saturated rings. The van der Waals surface area contributed by atoms with Gasteiger partial charge in [0.25, 0.3) is 0 Å². The highest BCUT2D eigenvalue weighted by molar-refractivity contribution is 5.98. The monoisotopic (exact) mass is 356 g/mol. The molecular formula is C23H32O3. The molecule has 4 rings (SSSR count). The standard InChI is InChI=1S/C23H32O3/c1-14(24)26-20-9-7-16-15-6-8-18-21(2,3)19(25)11-13-22(18,4)17(15)10-12-23(16,20)5/h8,11,13,15-17,20H,6-7,9-10,12H2,1-5H3/t15-,16+,17-,20-,22+,23-/m0/s1. The molecule has 0 spiro atoms. The van der Waals surface area contributed by atoms with Crippen molar-refractivity contribution in [3.8, 4) is 0 Å². The highest BCUT2D eigenvalue weighted by Gasteiger charge is 2.60. The van der Waals surface area contributed by atoms with E-state index in [9.17, 15) is 9.59 Å². The van der Waals surface area contributed by atoms with Gasteiger partial charge in [0.05, 0.1) is 0 Å². The summed E-state index contributed by atoms with van der Waals surface area (Å²) in [7, 11) is 0. The van der Waals surface area contributed by atoms with Crippen LogP contribution in [0.4, 0.5) is 0 Å². The summed E-state index contributed by atoms with van der Waals surface area (Å²) in [6.07, 6.45) is 12.0. The molecule has 0 aromatic rings. The predicted molar refractivity (Wildman–Crippen MR) is 101 cm³/mol. The smallest absolute Gasteiger partial charge is 0.302 e. The van der Waals surface area contributed by atoms with Crippen molar-refractivity contribution in [3.05, 3.63) is 23.8 Å². The van der Waals surface area contributed by atoms with Crippen LogP contribution in [0.3, 0.4) is 0 Å². The molecule has 2 saturated carbocycles. The molecule has 0 bridgehead atoms. The summed E-state index contributed by atoms with van der Waals surface area (Å²) >= 11 is 0. The van der Waals surface area contributed by atoms with Gasteiger partial charge in [0.2, 0.25) is 0 Å². The largest absolute Gasteiger partial charge is 0.462 e. The molecule has 0 radical (unpaired) electrons. The van der Waals surface area contributed by atoms with E-state index in [1.165, 1.54) is 12.5 Å². The molecule has 3 heteroatoms. The average molecular weight is 357 g/mol. The Labute approximate surface area is 157 Å². The van der Waals surface area contributed by atoms with Gasteiger partial charge in [-0.05, 0) is 69.8 Å². The van der Waals surface area contributed by atoms with E-state index in [2.05, 4.69) is 39.8 Å². The number of ketones is 1. The van der Waals surface area contributed by atoms with Crippen molar-refractivity contribution >= 4 is 11.8 Å². The number of hydrogen-bond acceptors (Lipinski definition) is 3. The van der Waals surface area contributed by atoms with Crippen molar-refractivity contribution in [2.24, 2.45) is 34.0 Å². The van der Waals surface area contributed by atoms with Crippen molar-refractivity contribution in [1.29, 1.82) is 0 Å². The fourth-order valence-electron chi connectivity index (χ4n) is 7.11. The maximum absolute atomic E-state index is 12.5. The first-order valence-corrected chi connectivity index (χ1v) is 10.2. The molecule has 3 nitrogen and oxygen atoms in total. The van der Waals surface area contributed by atoms with Crippen LogP contribution in [-0.2, 0) is 14.3 Å². The lowest BCUT2D eigenvalue weighted by Crippen LogP contribution is -2.52. The molecule has 0 aromatic heterocycles. The fraction of sp³-hybridized carbons (Fsp3) is 0.739. The predicted octanol–water partition coefficient (Wildman–Crippen LogP) is 4.86. The molecule has 6 atom stereocenters.